The third-order valence-electron chi connectivity index (χ3n) is 11.8. The van der Waals surface area contributed by atoms with Crippen LogP contribution in [-0.2, 0) is 95.9 Å². The number of carbonyl (C=O) groups is 20. The Hall–Kier alpha value is -10.7. The van der Waals surface area contributed by atoms with Crippen LogP contribution in [0.3, 0.4) is 0 Å². The van der Waals surface area contributed by atoms with Gasteiger partial charge in [-0.3, -0.25) is 91.1 Å². The molecule has 42 heteroatoms. The topological polar surface area (TPSA) is 708 Å². The van der Waals surface area contributed by atoms with E-state index in [1.807, 2.05) is 37.2 Å². The minimum atomic E-state index is -2.21. The molecular weight excluding hydrogens is 1220 g/mol. The van der Waals surface area contributed by atoms with E-state index >= 15 is 0 Å². The molecule has 0 aliphatic rings. The maximum Gasteiger partial charge on any atom is 0.326 e. The predicted octanol–water partition coefficient (Wildman–Crippen LogP) is -9.89. The van der Waals surface area contributed by atoms with Gasteiger partial charge < -0.3 is 116 Å². The minimum Gasteiger partial charge on any atom is -0.481 e. The van der Waals surface area contributed by atoms with Gasteiger partial charge >= 0.3 is 53.7 Å². The highest BCUT2D eigenvalue weighted by Crippen LogP contribution is 2.08. The zero-order valence-corrected chi connectivity index (χ0v) is 47.5. The SMILES string of the molecule is NCCCC[C@H](NC(=O)CNC(=O)[C@H](CCC(=O)O)NC(=O)[C@@H](N)CCC(=O)O)C(=O)N[C@@H](CC(=O)O)C(=O)N[C@@H](CC(=O)O)C(=O)NCC(=O)N[C@@H](CCC(=O)O)C(=O)N[C@@H](CCC(=O)O)C(=O)NCC(=O)N[C@@H](CC(=O)O)C(=O)N[C@@H](CC(=O)O)C(=O)O. The lowest BCUT2D eigenvalue weighted by Crippen LogP contribution is -2.58. The van der Waals surface area contributed by atoms with E-state index in [-0.39, 0.29) is 32.2 Å². The van der Waals surface area contributed by atoms with Gasteiger partial charge in [0.2, 0.25) is 65.0 Å². The Labute approximate surface area is 506 Å². The minimum absolute atomic E-state index is 0.0575. The summed E-state index contributed by atoms with van der Waals surface area (Å²) in [6.45, 7) is -3.29. The Morgan fingerprint density at radius 2 is 0.533 bits per heavy atom. The molecule has 0 saturated heterocycles. The Kier molecular flexibility index (Phi) is 36.5. The van der Waals surface area contributed by atoms with E-state index in [9.17, 15) is 127 Å². The normalized spacial score (nSPS) is 13.6. The number of unbranched alkanes of at least 4 members (excludes halogenated alkanes) is 1. The summed E-state index contributed by atoms with van der Waals surface area (Å²) < 4.78 is 0. The van der Waals surface area contributed by atoms with E-state index in [0.717, 1.165) is 0 Å². The number of amides is 11. The van der Waals surface area contributed by atoms with Crippen LogP contribution in [0.5, 0.6) is 0 Å². The van der Waals surface area contributed by atoms with Crippen molar-refractivity contribution in [3.63, 3.8) is 0 Å². The lowest BCUT2D eigenvalue weighted by molar-refractivity contribution is -0.148. The molecule has 9 atom stereocenters. The van der Waals surface area contributed by atoms with Gasteiger partial charge in [0.15, 0.2) is 0 Å². The molecule has 0 aromatic rings. The van der Waals surface area contributed by atoms with Gasteiger partial charge in [-0.15, -0.1) is 0 Å². The van der Waals surface area contributed by atoms with Crippen molar-refractivity contribution in [1.82, 2.24) is 58.5 Å². The number of hydrogen-bond acceptors (Lipinski definition) is 22. The van der Waals surface area contributed by atoms with Crippen molar-refractivity contribution >= 4 is 119 Å². The number of carboxylic acids is 9. The average Bonchev–Trinajstić information content (AvgIpc) is 1.38. The molecule has 0 radical (unpaired) electrons. The molecule has 42 nitrogen and oxygen atoms in total. The fourth-order valence-corrected chi connectivity index (χ4v) is 7.28. The number of carbonyl (C=O) groups excluding carboxylic acids is 11. The molecule has 0 aliphatic carbocycles. The molecule has 0 fully saturated rings. The van der Waals surface area contributed by atoms with E-state index in [1.54, 1.807) is 5.32 Å². The number of nitrogens with one attached hydrogen (secondary N) is 11. The summed E-state index contributed by atoms with van der Waals surface area (Å²) >= 11 is 0. The molecule has 0 heterocycles. The molecule has 0 unspecified atom stereocenters. The van der Waals surface area contributed by atoms with Gasteiger partial charge in [-0.05, 0) is 51.5 Å². The van der Waals surface area contributed by atoms with Crippen molar-refractivity contribution < 1.29 is 142 Å². The fraction of sp³-hybridized carbons (Fsp3) is 0.583. The van der Waals surface area contributed by atoms with Crippen LogP contribution in [0.25, 0.3) is 0 Å². The summed E-state index contributed by atoms with van der Waals surface area (Å²) in [5.74, 6) is -29.3. The summed E-state index contributed by atoms with van der Waals surface area (Å²) in [6.07, 6.45) is -10.4. The predicted molar refractivity (Wildman–Crippen MR) is 289 cm³/mol. The van der Waals surface area contributed by atoms with Crippen molar-refractivity contribution in [3.05, 3.63) is 0 Å². The summed E-state index contributed by atoms with van der Waals surface area (Å²) in [6, 6.07) is -17.2. The molecule has 0 aromatic heterocycles. The van der Waals surface area contributed by atoms with Crippen molar-refractivity contribution in [2.24, 2.45) is 11.5 Å². The molecule has 0 saturated carbocycles. The van der Waals surface area contributed by atoms with Crippen molar-refractivity contribution in [2.75, 3.05) is 26.2 Å². The van der Waals surface area contributed by atoms with Crippen molar-refractivity contribution in [2.45, 2.75) is 151 Å². The van der Waals surface area contributed by atoms with Crippen LogP contribution in [0.2, 0.25) is 0 Å². The largest absolute Gasteiger partial charge is 0.481 e. The standard InChI is InChI=1S/C48H71N13O29/c49-12-2-1-3-21(54-29(62)17-51-41(82)22(5-9-33(67)68)57-40(81)20(50)4-8-32(65)66)44(85)60-27(15-38(77)78)47(88)59-25(13-36(73)74)43(84)53-18-30(63)55-24(7-11-35(71)72)45(86)58-23(6-10-34(69)70)42(83)52-19-31(64)56-26(14-37(75)76)46(87)61-28(48(89)90)16-39(79)80/h20-28H,1-19,49-50H2,(H,51,82)(H,52,83)(H,53,84)(H,54,62)(H,55,63)(H,56,64)(H,57,81)(H,58,86)(H,59,88)(H,60,85)(H,61,87)(H,65,66)(H,67,68)(H,69,70)(H,71,72)(H,73,74)(H,75,76)(H,77,78)(H,79,80)(H,89,90)/t20-,21-,22-,23-,24-,25-,26-,27-,28-/m0/s1. The zero-order valence-electron chi connectivity index (χ0n) is 47.5. The Morgan fingerprint density at radius 3 is 0.878 bits per heavy atom. The molecule has 0 bridgehead atoms. The number of rotatable bonds is 47. The maximum atomic E-state index is 13.6. The van der Waals surface area contributed by atoms with Crippen LogP contribution < -0.4 is 70.0 Å². The molecule has 0 spiro atoms. The van der Waals surface area contributed by atoms with Crippen LogP contribution in [0.4, 0.5) is 0 Å². The first-order valence-electron chi connectivity index (χ1n) is 26.6. The molecule has 90 heavy (non-hydrogen) atoms. The van der Waals surface area contributed by atoms with Gasteiger partial charge in [-0.2, -0.15) is 0 Å². The summed E-state index contributed by atoms with van der Waals surface area (Å²) in [7, 11) is 0. The van der Waals surface area contributed by atoms with E-state index in [1.165, 1.54) is 0 Å². The lowest BCUT2D eigenvalue weighted by atomic mass is 10.1. The molecule has 24 N–H and O–H groups in total. The lowest BCUT2D eigenvalue weighted by Gasteiger charge is -2.25. The van der Waals surface area contributed by atoms with Crippen LogP contribution in [0, 0.1) is 0 Å². The van der Waals surface area contributed by atoms with E-state index < -0.39 is 263 Å². The Balaban J connectivity index is 6.35. The van der Waals surface area contributed by atoms with Gasteiger partial charge in [0.05, 0.1) is 51.4 Å². The van der Waals surface area contributed by atoms with Gasteiger partial charge in [-0.1, -0.05) is 0 Å². The van der Waals surface area contributed by atoms with Gasteiger partial charge in [0, 0.05) is 25.7 Å². The smallest absolute Gasteiger partial charge is 0.326 e. The number of carboxylic acid groups (broad SMARTS) is 9. The van der Waals surface area contributed by atoms with Crippen LogP contribution in [-0.4, -0.2) is 245 Å². The summed E-state index contributed by atoms with van der Waals surface area (Å²) in [5, 5.41) is 105. The van der Waals surface area contributed by atoms with Crippen LogP contribution in [0.1, 0.15) is 96.3 Å². The Bertz CT molecular complexity index is 2690. The fourth-order valence-electron chi connectivity index (χ4n) is 7.28. The first kappa shape index (κ1) is 79.3. The van der Waals surface area contributed by atoms with Crippen LogP contribution >= 0.6 is 0 Å². The molecular formula is C48H71N13O29. The summed E-state index contributed by atoms with van der Waals surface area (Å²) in [5.41, 5.74) is 11.2. The van der Waals surface area contributed by atoms with Crippen LogP contribution in [0.15, 0.2) is 0 Å². The highest BCUT2D eigenvalue weighted by molar-refractivity contribution is 6.00. The molecule has 0 aromatic carbocycles. The number of nitrogens with two attached hydrogens (primary N) is 2. The third kappa shape index (κ3) is 35.1. The quantitative estimate of drug-likeness (QED) is 0.0252. The molecule has 11 amide bonds. The second kappa shape index (κ2) is 41.4. The number of hydrogen-bond donors (Lipinski definition) is 22. The second-order valence-corrected chi connectivity index (χ2v) is 19.2. The zero-order chi connectivity index (χ0) is 69.0. The van der Waals surface area contributed by atoms with E-state index in [0.29, 0.717) is 0 Å². The molecule has 502 valence electrons. The second-order valence-electron chi connectivity index (χ2n) is 19.2. The first-order valence-corrected chi connectivity index (χ1v) is 26.6. The van der Waals surface area contributed by atoms with E-state index in [2.05, 4.69) is 16.0 Å². The van der Waals surface area contributed by atoms with E-state index in [4.69, 9.17) is 26.8 Å². The molecule has 0 rings (SSSR count). The Morgan fingerprint density at radius 1 is 0.278 bits per heavy atom. The van der Waals surface area contributed by atoms with Gasteiger partial charge in [-0.25, -0.2) is 4.79 Å². The number of aliphatic carboxylic acids is 9. The highest BCUT2D eigenvalue weighted by Gasteiger charge is 2.35. The third-order valence-corrected chi connectivity index (χ3v) is 11.8. The van der Waals surface area contributed by atoms with Gasteiger partial charge in [0.1, 0.15) is 48.3 Å². The first-order chi connectivity index (χ1) is 41.9. The van der Waals surface area contributed by atoms with Crippen molar-refractivity contribution in [1.29, 1.82) is 0 Å². The summed E-state index contributed by atoms with van der Waals surface area (Å²) in [4.78, 5) is 247. The average molecular weight is 1290 g/mol. The monoisotopic (exact) mass is 1290 g/mol. The molecule has 0 aliphatic heterocycles. The maximum absolute atomic E-state index is 13.6. The van der Waals surface area contributed by atoms with Crippen molar-refractivity contribution in [3.8, 4) is 0 Å². The highest BCUT2D eigenvalue weighted by atomic mass is 16.4. The van der Waals surface area contributed by atoms with Gasteiger partial charge in [0.25, 0.3) is 0 Å².